The molecule has 0 bridgehead atoms. The van der Waals surface area contributed by atoms with E-state index in [9.17, 15) is 9.59 Å². The number of hydrogen-bond acceptors (Lipinski definition) is 4. The van der Waals surface area contributed by atoms with E-state index >= 15 is 0 Å². The second-order valence-corrected chi connectivity index (χ2v) is 5.88. The van der Waals surface area contributed by atoms with Gasteiger partial charge >= 0.3 is 0 Å². The Labute approximate surface area is 112 Å². The van der Waals surface area contributed by atoms with Gasteiger partial charge in [-0.2, -0.15) is 0 Å². The van der Waals surface area contributed by atoms with E-state index in [4.69, 9.17) is 0 Å². The lowest BCUT2D eigenvalue weighted by molar-refractivity contribution is -0.133. The number of piperidine rings is 1. The largest absolute Gasteiger partial charge is 0.341 e. The van der Waals surface area contributed by atoms with E-state index in [0.29, 0.717) is 18.2 Å². The van der Waals surface area contributed by atoms with E-state index in [-0.39, 0.29) is 17.2 Å². The highest BCUT2D eigenvalue weighted by molar-refractivity contribution is 8.14. The molecule has 2 rings (SSSR count). The molecule has 2 aliphatic heterocycles. The van der Waals surface area contributed by atoms with E-state index in [1.165, 1.54) is 24.6 Å². The molecule has 0 aromatic heterocycles. The minimum absolute atomic E-state index is 0.0708. The molecule has 0 spiro atoms. The predicted octanol–water partition coefficient (Wildman–Crippen LogP) is 0.659. The summed E-state index contributed by atoms with van der Waals surface area (Å²) in [6, 6.07) is -0.320. The number of likely N-dealkylation sites (N-methyl/N-ethyl adjacent to an activating group) is 1. The van der Waals surface area contributed by atoms with Crippen LogP contribution >= 0.6 is 11.8 Å². The first-order chi connectivity index (χ1) is 8.70. The van der Waals surface area contributed by atoms with E-state index in [1.807, 2.05) is 11.8 Å². The second-order valence-electron chi connectivity index (χ2n) is 4.88. The van der Waals surface area contributed by atoms with Crippen LogP contribution in [0.5, 0.6) is 0 Å². The summed E-state index contributed by atoms with van der Waals surface area (Å²) in [5, 5.41) is 6.01. The monoisotopic (exact) mass is 271 g/mol. The van der Waals surface area contributed by atoms with E-state index in [0.717, 1.165) is 19.6 Å². The van der Waals surface area contributed by atoms with Crippen LogP contribution in [-0.4, -0.2) is 54.0 Å². The Morgan fingerprint density at radius 3 is 2.94 bits per heavy atom. The van der Waals surface area contributed by atoms with Crippen LogP contribution in [0.4, 0.5) is 4.79 Å². The fourth-order valence-corrected chi connectivity index (χ4v) is 3.27. The maximum atomic E-state index is 12.3. The topological polar surface area (TPSA) is 61.4 Å². The molecule has 102 valence electrons. The minimum Gasteiger partial charge on any atom is -0.341 e. The van der Waals surface area contributed by atoms with Crippen molar-refractivity contribution in [1.82, 2.24) is 15.5 Å². The number of rotatable bonds is 4. The van der Waals surface area contributed by atoms with Crippen molar-refractivity contribution in [2.45, 2.75) is 25.8 Å². The quantitative estimate of drug-likeness (QED) is 0.788. The van der Waals surface area contributed by atoms with Crippen molar-refractivity contribution in [2.75, 3.05) is 31.9 Å². The number of nitrogens with one attached hydrogen (secondary N) is 2. The zero-order chi connectivity index (χ0) is 13.0. The summed E-state index contributed by atoms with van der Waals surface area (Å²) in [6.07, 6.45) is 2.37. The summed E-state index contributed by atoms with van der Waals surface area (Å²) in [5.41, 5.74) is 0. The zero-order valence-corrected chi connectivity index (χ0v) is 11.6. The first-order valence-corrected chi connectivity index (χ1v) is 7.62. The van der Waals surface area contributed by atoms with Gasteiger partial charge in [-0.3, -0.25) is 9.59 Å². The van der Waals surface area contributed by atoms with Crippen molar-refractivity contribution in [3.63, 3.8) is 0 Å². The minimum atomic E-state index is -0.320. The molecule has 2 fully saturated rings. The number of hydrogen-bond donors (Lipinski definition) is 2. The Bertz CT molecular complexity index is 318. The van der Waals surface area contributed by atoms with Gasteiger partial charge in [0.25, 0.3) is 5.24 Å². The number of amides is 2. The Kier molecular flexibility index (Phi) is 4.88. The summed E-state index contributed by atoms with van der Waals surface area (Å²) in [6.45, 7) is 5.60. The molecule has 0 saturated carbocycles. The Morgan fingerprint density at radius 1 is 1.56 bits per heavy atom. The Balaban J connectivity index is 1.86. The molecule has 18 heavy (non-hydrogen) atoms. The molecular formula is C12H21N3O2S. The van der Waals surface area contributed by atoms with Crippen LogP contribution in [0.15, 0.2) is 0 Å². The van der Waals surface area contributed by atoms with Gasteiger partial charge in [-0.15, -0.1) is 0 Å². The van der Waals surface area contributed by atoms with Crippen molar-refractivity contribution in [3.05, 3.63) is 0 Å². The molecule has 0 aromatic rings. The third-order valence-electron chi connectivity index (χ3n) is 3.54. The van der Waals surface area contributed by atoms with E-state index in [2.05, 4.69) is 10.6 Å². The van der Waals surface area contributed by atoms with Crippen LogP contribution in [0.2, 0.25) is 0 Å². The van der Waals surface area contributed by atoms with Gasteiger partial charge in [0.2, 0.25) is 5.91 Å². The molecule has 0 radical (unpaired) electrons. The summed E-state index contributed by atoms with van der Waals surface area (Å²) >= 11 is 1.20. The highest BCUT2D eigenvalue weighted by atomic mass is 32.2. The van der Waals surface area contributed by atoms with Crippen molar-refractivity contribution in [1.29, 1.82) is 0 Å². The van der Waals surface area contributed by atoms with Gasteiger partial charge in [-0.25, -0.2) is 0 Å². The molecule has 2 atom stereocenters. The van der Waals surface area contributed by atoms with Crippen LogP contribution in [-0.2, 0) is 4.79 Å². The van der Waals surface area contributed by atoms with Crippen LogP contribution in [0.1, 0.15) is 19.8 Å². The average molecular weight is 271 g/mol. The fraction of sp³-hybridized carbons (Fsp3) is 0.833. The normalized spacial score (nSPS) is 27.9. The molecule has 6 heteroatoms. The fourth-order valence-electron chi connectivity index (χ4n) is 2.50. The average Bonchev–Trinajstić information content (AvgIpc) is 2.83. The molecular weight excluding hydrogens is 250 g/mol. The maximum Gasteiger partial charge on any atom is 0.279 e. The molecule has 5 nitrogen and oxygen atoms in total. The van der Waals surface area contributed by atoms with Crippen LogP contribution in [0.25, 0.3) is 0 Å². The van der Waals surface area contributed by atoms with Gasteiger partial charge in [0, 0.05) is 18.8 Å². The van der Waals surface area contributed by atoms with Crippen molar-refractivity contribution >= 4 is 22.9 Å². The van der Waals surface area contributed by atoms with Gasteiger partial charge in [-0.05, 0) is 38.8 Å². The van der Waals surface area contributed by atoms with Gasteiger partial charge in [0.15, 0.2) is 0 Å². The van der Waals surface area contributed by atoms with Crippen molar-refractivity contribution in [3.8, 4) is 0 Å². The third-order valence-corrected chi connectivity index (χ3v) is 4.42. The summed E-state index contributed by atoms with van der Waals surface area (Å²) in [5.74, 6) is 1.19. The molecule has 2 N–H and O–H groups in total. The van der Waals surface area contributed by atoms with Crippen LogP contribution in [0, 0.1) is 5.92 Å². The lowest BCUT2D eigenvalue weighted by Crippen LogP contribution is -2.48. The number of carbonyl (C=O) groups is 2. The van der Waals surface area contributed by atoms with Crippen LogP contribution in [0.3, 0.4) is 0 Å². The smallest absolute Gasteiger partial charge is 0.279 e. The van der Waals surface area contributed by atoms with Crippen molar-refractivity contribution in [2.24, 2.45) is 5.92 Å². The Hall–Kier alpha value is -0.750. The molecule has 2 amide bonds. The van der Waals surface area contributed by atoms with Gasteiger partial charge < -0.3 is 15.5 Å². The van der Waals surface area contributed by atoms with Crippen molar-refractivity contribution < 1.29 is 9.59 Å². The highest BCUT2D eigenvalue weighted by Crippen LogP contribution is 2.17. The lowest BCUT2D eigenvalue weighted by atomic mass is 9.99. The summed E-state index contributed by atoms with van der Waals surface area (Å²) in [4.78, 5) is 25.3. The summed E-state index contributed by atoms with van der Waals surface area (Å²) < 4.78 is 0. The lowest BCUT2D eigenvalue weighted by Gasteiger charge is -2.30. The summed E-state index contributed by atoms with van der Waals surface area (Å²) in [7, 11) is 0. The Morgan fingerprint density at radius 2 is 2.39 bits per heavy atom. The first-order valence-electron chi connectivity index (χ1n) is 6.63. The van der Waals surface area contributed by atoms with Gasteiger partial charge in [0.05, 0.1) is 0 Å². The second kappa shape index (κ2) is 6.43. The predicted molar refractivity (Wildman–Crippen MR) is 72.6 cm³/mol. The molecule has 0 aliphatic carbocycles. The number of nitrogens with zero attached hydrogens (tertiary/aromatic N) is 1. The molecule has 0 aromatic carbocycles. The molecule has 2 saturated heterocycles. The SMILES string of the molecule is CCN(CC1CCCNC1)C(=O)C1CSC(=O)N1. The zero-order valence-electron chi connectivity index (χ0n) is 10.8. The third kappa shape index (κ3) is 3.38. The van der Waals surface area contributed by atoms with Gasteiger partial charge in [-0.1, -0.05) is 11.8 Å². The number of thioether (sulfide) groups is 1. The first kappa shape index (κ1) is 13.7. The molecule has 2 heterocycles. The van der Waals surface area contributed by atoms with Crippen LogP contribution < -0.4 is 10.6 Å². The van der Waals surface area contributed by atoms with E-state index < -0.39 is 0 Å². The van der Waals surface area contributed by atoms with Gasteiger partial charge in [0.1, 0.15) is 6.04 Å². The maximum absolute atomic E-state index is 12.3. The standard InChI is InChI=1S/C12H21N3O2S/c1-2-15(7-9-4-3-5-13-6-9)11(16)10-8-18-12(17)14-10/h9-10,13H,2-8H2,1H3,(H,14,17). The highest BCUT2D eigenvalue weighted by Gasteiger charge is 2.31. The molecule has 2 aliphatic rings. The van der Waals surface area contributed by atoms with E-state index in [1.54, 1.807) is 0 Å². The number of carbonyl (C=O) groups excluding carboxylic acids is 2. The molecule has 2 unspecified atom stereocenters.